The number of nitrogens with one attached hydrogen (secondary N) is 1. The Hall–Kier alpha value is -2.96. The zero-order valence-electron chi connectivity index (χ0n) is 16.0. The number of hydrogen-bond acceptors (Lipinski definition) is 4. The molecule has 28 heavy (non-hydrogen) atoms. The van der Waals surface area contributed by atoms with Crippen LogP contribution in [0.2, 0.25) is 0 Å². The molecule has 1 amide bonds. The minimum absolute atomic E-state index is 0.0127. The van der Waals surface area contributed by atoms with Crippen molar-refractivity contribution in [3.63, 3.8) is 0 Å². The summed E-state index contributed by atoms with van der Waals surface area (Å²) in [7, 11) is 0. The van der Waals surface area contributed by atoms with Crippen LogP contribution in [0.5, 0.6) is 0 Å². The van der Waals surface area contributed by atoms with Gasteiger partial charge in [-0.2, -0.15) is 5.10 Å². The lowest BCUT2D eigenvalue weighted by Crippen LogP contribution is -2.39. The summed E-state index contributed by atoms with van der Waals surface area (Å²) in [5, 5.41) is 11.3. The molecule has 0 spiro atoms. The van der Waals surface area contributed by atoms with E-state index in [4.69, 9.17) is 4.52 Å². The van der Waals surface area contributed by atoms with E-state index in [0.29, 0.717) is 17.9 Å². The lowest BCUT2D eigenvalue weighted by molar-refractivity contribution is -0.134. The van der Waals surface area contributed by atoms with Gasteiger partial charge in [0.25, 0.3) is 0 Å². The Bertz CT molecular complexity index is 994. The summed E-state index contributed by atoms with van der Waals surface area (Å²) < 4.78 is 19.0. The van der Waals surface area contributed by atoms with Gasteiger partial charge in [0.05, 0.1) is 35.6 Å². The molecule has 0 bridgehead atoms. The molecular weight excluding hydrogens is 359 g/mol. The molecule has 0 unspecified atom stereocenters. The normalized spacial score (nSPS) is 17.1. The second kappa shape index (κ2) is 7.58. The predicted molar refractivity (Wildman–Crippen MR) is 102 cm³/mol. The number of carbonyl (C=O) groups is 1. The Morgan fingerprint density at radius 1 is 1.36 bits per heavy atom. The van der Waals surface area contributed by atoms with E-state index in [2.05, 4.69) is 15.4 Å². The summed E-state index contributed by atoms with van der Waals surface area (Å²) in [5.74, 6) is 0.346. The number of aromatic amines is 1. The van der Waals surface area contributed by atoms with Crippen molar-refractivity contribution in [3.8, 4) is 11.3 Å². The number of carbonyl (C=O) groups excluding carboxylic acids is 1. The molecule has 146 valence electrons. The van der Waals surface area contributed by atoms with E-state index in [-0.39, 0.29) is 24.2 Å². The van der Waals surface area contributed by atoms with Crippen molar-refractivity contribution in [1.82, 2.24) is 20.3 Å². The average Bonchev–Trinajstić information content (AvgIpc) is 3.29. The van der Waals surface area contributed by atoms with Crippen LogP contribution >= 0.6 is 0 Å². The van der Waals surface area contributed by atoms with Gasteiger partial charge >= 0.3 is 0 Å². The van der Waals surface area contributed by atoms with Gasteiger partial charge < -0.3 is 9.42 Å². The van der Waals surface area contributed by atoms with Crippen LogP contribution in [0.25, 0.3) is 11.3 Å². The van der Waals surface area contributed by atoms with Gasteiger partial charge in [-0.25, -0.2) is 4.39 Å². The topological polar surface area (TPSA) is 75.0 Å². The highest BCUT2D eigenvalue weighted by Crippen LogP contribution is 2.37. The van der Waals surface area contributed by atoms with Crippen LogP contribution in [0.15, 0.2) is 35.0 Å². The summed E-state index contributed by atoms with van der Waals surface area (Å²) in [6, 6.07) is 6.10. The van der Waals surface area contributed by atoms with Gasteiger partial charge in [-0.1, -0.05) is 17.3 Å². The van der Waals surface area contributed by atoms with Crippen molar-refractivity contribution in [2.75, 3.05) is 6.54 Å². The van der Waals surface area contributed by atoms with E-state index in [9.17, 15) is 9.18 Å². The third kappa shape index (κ3) is 3.44. The third-order valence-electron chi connectivity index (χ3n) is 5.47. The van der Waals surface area contributed by atoms with Gasteiger partial charge in [0.2, 0.25) is 5.91 Å². The van der Waals surface area contributed by atoms with E-state index in [0.717, 1.165) is 41.8 Å². The number of aromatic nitrogens is 3. The number of piperidine rings is 1. The molecule has 0 radical (unpaired) electrons. The van der Waals surface area contributed by atoms with Gasteiger partial charge in [0.1, 0.15) is 5.82 Å². The summed E-state index contributed by atoms with van der Waals surface area (Å²) in [5.41, 5.74) is 4.20. The van der Waals surface area contributed by atoms with Crippen molar-refractivity contribution >= 4 is 5.91 Å². The van der Waals surface area contributed by atoms with Crippen LogP contribution in [0, 0.1) is 19.7 Å². The van der Waals surface area contributed by atoms with Gasteiger partial charge in [0.15, 0.2) is 5.76 Å². The highest BCUT2D eigenvalue weighted by molar-refractivity contribution is 5.80. The molecule has 1 aliphatic rings. The maximum absolute atomic E-state index is 13.5. The Balaban J connectivity index is 1.62. The van der Waals surface area contributed by atoms with Crippen molar-refractivity contribution in [2.45, 2.75) is 45.6 Å². The highest BCUT2D eigenvalue weighted by Gasteiger charge is 2.32. The van der Waals surface area contributed by atoms with Crippen LogP contribution in [-0.2, 0) is 11.2 Å². The fourth-order valence-electron chi connectivity index (χ4n) is 3.85. The molecule has 1 fully saturated rings. The molecule has 2 aromatic heterocycles. The van der Waals surface area contributed by atoms with Gasteiger partial charge in [-0.3, -0.25) is 9.89 Å². The molecule has 0 aliphatic carbocycles. The zero-order chi connectivity index (χ0) is 19.7. The lowest BCUT2D eigenvalue weighted by atomic mass is 9.94. The van der Waals surface area contributed by atoms with Gasteiger partial charge in [-0.15, -0.1) is 0 Å². The maximum Gasteiger partial charge on any atom is 0.227 e. The number of halogens is 1. The van der Waals surface area contributed by atoms with Crippen LogP contribution in [0.4, 0.5) is 4.39 Å². The standard InChI is InChI=1S/C21H23FN4O2/c1-13-14(2)25-28-21(13)17-12-23-24-20(17)18-8-3-4-9-26(18)19(27)11-15-6-5-7-16(22)10-15/h5-7,10,12,18H,3-4,8-9,11H2,1-2H3,(H,23,24)/t18-/m1/s1. The largest absolute Gasteiger partial charge is 0.356 e. The van der Waals surface area contributed by atoms with Crippen molar-refractivity contribution in [2.24, 2.45) is 0 Å². The zero-order valence-corrected chi connectivity index (χ0v) is 16.0. The Morgan fingerprint density at radius 2 is 2.21 bits per heavy atom. The van der Waals surface area contributed by atoms with Crippen molar-refractivity contribution < 1.29 is 13.7 Å². The number of likely N-dealkylation sites (tertiary alicyclic amines) is 1. The quantitative estimate of drug-likeness (QED) is 0.737. The lowest BCUT2D eigenvalue weighted by Gasteiger charge is -2.35. The molecule has 3 heterocycles. The molecular formula is C21H23FN4O2. The van der Waals surface area contributed by atoms with Crippen molar-refractivity contribution in [3.05, 3.63) is 58.8 Å². The summed E-state index contributed by atoms with van der Waals surface area (Å²) in [6.07, 6.45) is 4.73. The van der Waals surface area contributed by atoms with Crippen molar-refractivity contribution in [1.29, 1.82) is 0 Å². The van der Waals surface area contributed by atoms with E-state index >= 15 is 0 Å². The summed E-state index contributed by atoms with van der Waals surface area (Å²) in [6.45, 7) is 4.54. The number of aryl methyl sites for hydroxylation is 1. The van der Waals surface area contributed by atoms with Gasteiger partial charge in [-0.05, 0) is 50.8 Å². The summed E-state index contributed by atoms with van der Waals surface area (Å²) in [4.78, 5) is 14.9. The maximum atomic E-state index is 13.5. The molecule has 1 atom stereocenters. The molecule has 6 nitrogen and oxygen atoms in total. The fraction of sp³-hybridized carbons (Fsp3) is 0.381. The molecule has 4 rings (SSSR count). The van der Waals surface area contributed by atoms with Crippen LogP contribution < -0.4 is 0 Å². The molecule has 1 aromatic carbocycles. The highest BCUT2D eigenvalue weighted by atomic mass is 19.1. The SMILES string of the molecule is Cc1noc(-c2cn[nH]c2[C@H]2CCCCN2C(=O)Cc2cccc(F)c2)c1C. The second-order valence-corrected chi connectivity index (χ2v) is 7.32. The number of benzene rings is 1. The Morgan fingerprint density at radius 3 is 2.96 bits per heavy atom. The molecule has 1 aliphatic heterocycles. The number of hydrogen-bond donors (Lipinski definition) is 1. The Kier molecular flexibility index (Phi) is 4.98. The fourth-order valence-corrected chi connectivity index (χ4v) is 3.85. The van der Waals surface area contributed by atoms with E-state index in [1.165, 1.54) is 12.1 Å². The average molecular weight is 382 g/mol. The summed E-state index contributed by atoms with van der Waals surface area (Å²) >= 11 is 0. The first-order valence-corrected chi connectivity index (χ1v) is 9.55. The first kappa shape index (κ1) is 18.4. The predicted octanol–water partition coefficient (Wildman–Crippen LogP) is 4.12. The first-order valence-electron chi connectivity index (χ1n) is 9.55. The first-order chi connectivity index (χ1) is 13.5. The number of H-pyrrole nitrogens is 1. The number of rotatable bonds is 4. The van der Waals surface area contributed by atoms with Crippen LogP contribution in [0.3, 0.4) is 0 Å². The third-order valence-corrected chi connectivity index (χ3v) is 5.47. The smallest absolute Gasteiger partial charge is 0.227 e. The molecule has 1 saturated heterocycles. The van der Waals surface area contributed by atoms with E-state index in [1.807, 2.05) is 18.7 Å². The Labute approximate surface area is 162 Å². The monoisotopic (exact) mass is 382 g/mol. The second-order valence-electron chi connectivity index (χ2n) is 7.32. The number of nitrogens with zero attached hydrogens (tertiary/aromatic N) is 3. The minimum Gasteiger partial charge on any atom is -0.356 e. The van der Waals surface area contributed by atoms with E-state index < -0.39 is 0 Å². The minimum atomic E-state index is -0.326. The van der Waals surface area contributed by atoms with Crippen LogP contribution in [-0.4, -0.2) is 32.7 Å². The van der Waals surface area contributed by atoms with Crippen LogP contribution in [0.1, 0.15) is 47.8 Å². The molecule has 3 aromatic rings. The van der Waals surface area contributed by atoms with E-state index in [1.54, 1.807) is 18.3 Å². The van der Waals surface area contributed by atoms with Gasteiger partial charge in [0, 0.05) is 12.1 Å². The molecule has 0 saturated carbocycles. The molecule has 7 heteroatoms. The number of amides is 1. The molecule has 1 N–H and O–H groups in total.